The molecule has 2 heterocycles. The number of fused-ring (bicyclic) bond motifs is 2. The number of hydrogen-bond acceptors (Lipinski definition) is 10. The van der Waals surface area contributed by atoms with Gasteiger partial charge in [-0.1, -0.05) is 12.1 Å². The minimum Gasteiger partial charge on any atom is -0.545 e. The smallest absolute Gasteiger partial charge is 0.545 e. The van der Waals surface area contributed by atoms with Crippen LogP contribution in [0.1, 0.15) is 21.5 Å². The van der Waals surface area contributed by atoms with Gasteiger partial charge in [0.2, 0.25) is 0 Å². The molecule has 0 saturated heterocycles. The largest absolute Gasteiger partial charge is 1.00 e. The second kappa shape index (κ2) is 12.0. The fraction of sp³-hybridized carbons (Fsp3) is 0.185. The summed E-state index contributed by atoms with van der Waals surface area (Å²) in [6, 6.07) is 14.8. The fourth-order valence-corrected chi connectivity index (χ4v) is 4.71. The molecule has 9 nitrogen and oxygen atoms in total. The number of benzene rings is 3. The number of carbonyl (C=O) groups excluding carboxylic acids is 2. The Balaban J connectivity index is 0.00000336. The van der Waals surface area contributed by atoms with Crippen molar-refractivity contribution in [3.05, 3.63) is 76.9 Å². The van der Waals surface area contributed by atoms with Gasteiger partial charge in [0.15, 0.2) is 28.8 Å². The Morgan fingerprint density at radius 1 is 0.868 bits per heavy atom. The Kier molecular flexibility index (Phi) is 8.68. The number of carbonyl (C=O) groups is 2. The molecule has 1 aliphatic rings. The van der Waals surface area contributed by atoms with Gasteiger partial charge >= 0.3 is 29.6 Å². The first-order valence-electron chi connectivity index (χ1n) is 11.3. The zero-order chi connectivity index (χ0) is 25.9. The predicted octanol–water partition coefficient (Wildman–Crippen LogP) is 0.113. The van der Waals surface area contributed by atoms with Crippen LogP contribution >= 0.6 is 11.7 Å². The summed E-state index contributed by atoms with van der Waals surface area (Å²) in [5.74, 6) is -0.0543. The van der Waals surface area contributed by atoms with Gasteiger partial charge in [0.05, 0.1) is 31.9 Å². The summed E-state index contributed by atoms with van der Waals surface area (Å²) >= 11 is 1.02. The van der Waals surface area contributed by atoms with Gasteiger partial charge in [-0.2, -0.15) is 8.75 Å². The third-order valence-corrected chi connectivity index (χ3v) is 6.51. The Hall–Kier alpha value is -3.44. The van der Waals surface area contributed by atoms with E-state index in [1.54, 1.807) is 54.6 Å². The average Bonchev–Trinajstić information content (AvgIpc) is 3.40. The topological polar surface area (TPSA) is 120 Å². The minimum atomic E-state index is -1.48. The third kappa shape index (κ3) is 5.53. The van der Waals surface area contributed by atoms with Crippen LogP contribution in [0.25, 0.3) is 16.6 Å². The van der Waals surface area contributed by atoms with Crippen LogP contribution in [0, 0.1) is 0 Å². The minimum absolute atomic E-state index is 0. The van der Waals surface area contributed by atoms with Crippen molar-refractivity contribution < 1.29 is 63.2 Å². The van der Waals surface area contributed by atoms with Crippen molar-refractivity contribution in [1.29, 1.82) is 0 Å². The van der Waals surface area contributed by atoms with Gasteiger partial charge in [-0.05, 0) is 53.6 Å². The number of hydrogen-bond donors (Lipinski definition) is 0. The quantitative estimate of drug-likeness (QED) is 0.174. The average molecular weight is 541 g/mol. The molecular weight excluding hydrogens is 519 g/mol. The number of rotatable bonds is 8. The SMILES string of the molecule is COc1ccc(CC(C(=O)c2ccc3c(c2)OCCO3)=C(C(=O)[O-])c2ccc3nsnc3c2)cc1OC.[Na+]. The van der Waals surface area contributed by atoms with Crippen molar-refractivity contribution in [2.24, 2.45) is 0 Å². The molecule has 0 unspecified atom stereocenters. The maximum Gasteiger partial charge on any atom is 1.00 e. The van der Waals surface area contributed by atoms with Crippen LogP contribution in [0.15, 0.2) is 60.2 Å². The molecule has 0 amide bonds. The molecule has 188 valence electrons. The maximum absolute atomic E-state index is 13.9. The number of methoxy groups -OCH3 is 2. The van der Waals surface area contributed by atoms with Crippen molar-refractivity contribution in [2.45, 2.75) is 6.42 Å². The molecule has 0 bridgehead atoms. The molecule has 11 heteroatoms. The van der Waals surface area contributed by atoms with E-state index in [4.69, 9.17) is 18.9 Å². The van der Waals surface area contributed by atoms with E-state index in [0.29, 0.717) is 58.4 Å². The summed E-state index contributed by atoms with van der Waals surface area (Å²) < 4.78 is 30.3. The number of aliphatic carboxylic acids is 1. The molecule has 0 atom stereocenters. The third-order valence-electron chi connectivity index (χ3n) is 5.96. The zero-order valence-corrected chi connectivity index (χ0v) is 23.8. The monoisotopic (exact) mass is 540 g/mol. The number of nitrogens with zero attached hydrogens (tertiary/aromatic N) is 2. The number of ether oxygens (including phenoxy) is 4. The maximum atomic E-state index is 13.9. The Morgan fingerprint density at radius 3 is 2.32 bits per heavy atom. The van der Waals surface area contributed by atoms with E-state index in [1.807, 2.05) is 0 Å². The molecule has 0 N–H and O–H groups in total. The zero-order valence-electron chi connectivity index (χ0n) is 21.0. The van der Waals surface area contributed by atoms with Gasteiger partial charge < -0.3 is 28.8 Å². The molecule has 1 aliphatic heterocycles. The number of aromatic nitrogens is 2. The molecule has 0 saturated carbocycles. The van der Waals surface area contributed by atoms with Crippen LogP contribution in [0.3, 0.4) is 0 Å². The number of carboxylic acid groups (broad SMARTS) is 1. The van der Waals surface area contributed by atoms with Gasteiger partial charge in [-0.25, -0.2) is 0 Å². The summed E-state index contributed by atoms with van der Waals surface area (Å²) in [6.07, 6.45) is -0.00963. The standard InChI is InChI=1S/C27H22N2O7S.Na/c1-33-21-7-3-15(12-23(21)34-2)11-18(26(30)17-5-8-22-24(14-17)36-10-9-35-22)25(27(31)32)16-4-6-19-20(13-16)29-37-28-19;/h3-8,12-14H,9-11H2,1-2H3,(H,31,32);/q;+1/p-1. The second-order valence-corrected chi connectivity index (χ2v) is 8.69. The van der Waals surface area contributed by atoms with E-state index in [9.17, 15) is 14.7 Å². The Bertz CT molecular complexity index is 1550. The number of allylic oxidation sites excluding steroid dienone is 1. The summed E-state index contributed by atoms with van der Waals surface area (Å²) in [5.41, 5.74) is 2.16. The van der Waals surface area contributed by atoms with Crippen LogP contribution < -0.4 is 53.6 Å². The Labute approximate surface area is 244 Å². The molecule has 1 aromatic heterocycles. The molecule has 0 aliphatic carbocycles. The van der Waals surface area contributed by atoms with Gasteiger partial charge in [0.1, 0.15) is 24.2 Å². The predicted molar refractivity (Wildman–Crippen MR) is 134 cm³/mol. The molecule has 4 aromatic rings. The molecule has 38 heavy (non-hydrogen) atoms. The Morgan fingerprint density at radius 2 is 1.58 bits per heavy atom. The van der Waals surface area contributed by atoms with Crippen molar-refractivity contribution in [3.63, 3.8) is 0 Å². The second-order valence-electron chi connectivity index (χ2n) is 8.16. The van der Waals surface area contributed by atoms with Crippen molar-refractivity contribution >= 4 is 40.1 Å². The van der Waals surface area contributed by atoms with Crippen LogP contribution in [0.4, 0.5) is 0 Å². The molecular formula is C27H21N2NaO7S. The first kappa shape index (κ1) is 27.6. The van der Waals surface area contributed by atoms with E-state index in [0.717, 1.165) is 11.7 Å². The van der Waals surface area contributed by atoms with E-state index in [2.05, 4.69) is 8.75 Å². The van der Waals surface area contributed by atoms with E-state index in [1.165, 1.54) is 14.2 Å². The van der Waals surface area contributed by atoms with Gasteiger partial charge in [0, 0.05) is 23.1 Å². The van der Waals surface area contributed by atoms with Crippen molar-refractivity contribution in [2.75, 3.05) is 27.4 Å². The van der Waals surface area contributed by atoms with Crippen LogP contribution in [0.5, 0.6) is 23.0 Å². The summed E-state index contributed by atoms with van der Waals surface area (Å²) in [5, 5.41) is 12.6. The molecule has 3 aromatic carbocycles. The van der Waals surface area contributed by atoms with Crippen LogP contribution in [0.2, 0.25) is 0 Å². The van der Waals surface area contributed by atoms with Gasteiger partial charge in [-0.15, -0.1) is 0 Å². The normalized spacial score (nSPS) is 12.8. The molecule has 5 rings (SSSR count). The van der Waals surface area contributed by atoms with Crippen LogP contribution in [-0.2, 0) is 11.2 Å². The molecule has 0 radical (unpaired) electrons. The van der Waals surface area contributed by atoms with Gasteiger partial charge in [-0.3, -0.25) is 4.79 Å². The van der Waals surface area contributed by atoms with E-state index in [-0.39, 0.29) is 52.7 Å². The van der Waals surface area contributed by atoms with E-state index >= 15 is 0 Å². The molecule has 0 spiro atoms. The molecule has 0 fully saturated rings. The van der Waals surface area contributed by atoms with Crippen molar-refractivity contribution in [3.8, 4) is 23.0 Å². The first-order chi connectivity index (χ1) is 18.0. The summed E-state index contributed by atoms with van der Waals surface area (Å²) in [6.45, 7) is 0.762. The number of Topliss-reactive ketones (excluding diaryl/α,β-unsaturated/α-hetero) is 1. The van der Waals surface area contributed by atoms with Gasteiger partial charge in [0.25, 0.3) is 0 Å². The number of carboxylic acids is 1. The fourth-order valence-electron chi connectivity index (χ4n) is 4.19. The first-order valence-corrected chi connectivity index (χ1v) is 12.0. The van der Waals surface area contributed by atoms with E-state index < -0.39 is 11.8 Å². The summed E-state index contributed by atoms with van der Waals surface area (Å²) in [7, 11) is 3.02. The van der Waals surface area contributed by atoms with Crippen molar-refractivity contribution in [1.82, 2.24) is 8.75 Å². The number of ketones is 1. The van der Waals surface area contributed by atoms with Crippen LogP contribution in [-0.4, -0.2) is 47.9 Å². The summed E-state index contributed by atoms with van der Waals surface area (Å²) in [4.78, 5) is 26.5.